The van der Waals surface area contributed by atoms with Crippen molar-refractivity contribution in [3.63, 3.8) is 0 Å². The van der Waals surface area contributed by atoms with Crippen molar-refractivity contribution in [1.82, 2.24) is 10.2 Å². The predicted molar refractivity (Wildman–Crippen MR) is 45.6 cm³/mol. The molecule has 4 heteroatoms. The lowest BCUT2D eigenvalue weighted by Gasteiger charge is -1.95. The minimum absolute atomic E-state index is 0.0711. The van der Waals surface area contributed by atoms with Crippen LogP contribution in [0.2, 0.25) is 0 Å². The third-order valence-corrected chi connectivity index (χ3v) is 1.71. The summed E-state index contributed by atoms with van der Waals surface area (Å²) in [6, 6.07) is 7.64. The molecule has 1 aromatic heterocycles. The molecule has 0 fully saturated rings. The van der Waals surface area contributed by atoms with Gasteiger partial charge in [-0.2, -0.15) is 5.10 Å². The Morgan fingerprint density at radius 1 is 1.31 bits per heavy atom. The van der Waals surface area contributed by atoms with Crippen LogP contribution in [-0.2, 0) is 0 Å². The van der Waals surface area contributed by atoms with Gasteiger partial charge in [0.05, 0.1) is 5.69 Å². The van der Waals surface area contributed by atoms with Gasteiger partial charge in [-0.05, 0) is 12.1 Å². The third kappa shape index (κ3) is 1.38. The van der Waals surface area contributed by atoms with Gasteiger partial charge in [-0.3, -0.25) is 0 Å². The van der Waals surface area contributed by atoms with Gasteiger partial charge < -0.3 is 5.11 Å². The number of halogens is 1. The van der Waals surface area contributed by atoms with E-state index in [1.807, 2.05) is 0 Å². The standard InChI is InChI=1S/C9H7FN2O/c10-7-4-2-1-3-6(7)8-5-9(13)12-11-8/h1-5H,(H2,11,12,13). The van der Waals surface area contributed by atoms with E-state index in [2.05, 4.69) is 10.2 Å². The van der Waals surface area contributed by atoms with Gasteiger partial charge in [0, 0.05) is 11.6 Å². The van der Waals surface area contributed by atoms with Crippen molar-refractivity contribution in [2.75, 3.05) is 0 Å². The molecular weight excluding hydrogens is 171 g/mol. The average molecular weight is 178 g/mol. The van der Waals surface area contributed by atoms with Crippen LogP contribution in [0.5, 0.6) is 5.88 Å². The molecule has 1 aromatic carbocycles. The topological polar surface area (TPSA) is 48.9 Å². The summed E-state index contributed by atoms with van der Waals surface area (Å²) < 4.78 is 13.1. The predicted octanol–water partition coefficient (Wildman–Crippen LogP) is 1.92. The smallest absolute Gasteiger partial charge is 0.207 e. The van der Waals surface area contributed by atoms with Gasteiger partial charge in [-0.25, -0.2) is 9.49 Å². The second-order valence-corrected chi connectivity index (χ2v) is 2.62. The first kappa shape index (κ1) is 7.79. The van der Waals surface area contributed by atoms with E-state index in [0.717, 1.165) is 0 Å². The van der Waals surface area contributed by atoms with Crippen LogP contribution in [0.1, 0.15) is 0 Å². The fourth-order valence-corrected chi connectivity index (χ4v) is 1.12. The first-order chi connectivity index (χ1) is 6.27. The maximum absolute atomic E-state index is 13.1. The Labute approximate surface area is 73.8 Å². The van der Waals surface area contributed by atoms with Crippen molar-refractivity contribution in [1.29, 1.82) is 0 Å². The van der Waals surface area contributed by atoms with Gasteiger partial charge in [-0.1, -0.05) is 12.1 Å². The summed E-state index contributed by atoms with van der Waals surface area (Å²) in [7, 11) is 0. The zero-order chi connectivity index (χ0) is 9.26. The van der Waals surface area contributed by atoms with E-state index in [9.17, 15) is 4.39 Å². The Morgan fingerprint density at radius 3 is 2.69 bits per heavy atom. The highest BCUT2D eigenvalue weighted by Gasteiger charge is 2.06. The molecule has 0 atom stereocenters. The number of hydrogen-bond donors (Lipinski definition) is 2. The van der Waals surface area contributed by atoms with E-state index in [-0.39, 0.29) is 11.7 Å². The Kier molecular flexibility index (Phi) is 1.73. The normalized spacial score (nSPS) is 10.2. The molecule has 2 N–H and O–H groups in total. The minimum atomic E-state index is -0.353. The van der Waals surface area contributed by atoms with Gasteiger partial charge in [0.1, 0.15) is 5.82 Å². The Morgan fingerprint density at radius 2 is 2.08 bits per heavy atom. The van der Waals surface area contributed by atoms with Crippen LogP contribution in [0.3, 0.4) is 0 Å². The summed E-state index contributed by atoms with van der Waals surface area (Å²) in [4.78, 5) is 0. The van der Waals surface area contributed by atoms with E-state index in [1.165, 1.54) is 12.1 Å². The molecule has 0 aliphatic heterocycles. The summed E-state index contributed by atoms with van der Waals surface area (Å²) in [5, 5.41) is 15.0. The number of H-pyrrole nitrogens is 1. The molecule has 0 unspecified atom stereocenters. The summed E-state index contributed by atoms with van der Waals surface area (Å²) in [5.74, 6) is -0.424. The summed E-state index contributed by atoms with van der Waals surface area (Å²) in [5.41, 5.74) is 0.773. The Bertz CT molecular complexity index is 425. The van der Waals surface area contributed by atoms with E-state index in [4.69, 9.17) is 5.11 Å². The van der Waals surface area contributed by atoms with Crippen LogP contribution in [0.25, 0.3) is 11.3 Å². The zero-order valence-electron chi connectivity index (χ0n) is 6.66. The summed E-state index contributed by atoms with van der Waals surface area (Å²) >= 11 is 0. The molecule has 0 spiro atoms. The second kappa shape index (κ2) is 2.90. The maximum Gasteiger partial charge on any atom is 0.207 e. The number of aromatic amines is 1. The van der Waals surface area contributed by atoms with Crippen molar-refractivity contribution in [2.24, 2.45) is 0 Å². The number of aromatic nitrogens is 2. The number of nitrogens with zero attached hydrogens (tertiary/aromatic N) is 1. The Balaban J connectivity index is 2.52. The molecule has 2 rings (SSSR count). The van der Waals surface area contributed by atoms with Crippen LogP contribution >= 0.6 is 0 Å². The second-order valence-electron chi connectivity index (χ2n) is 2.62. The number of benzene rings is 1. The minimum Gasteiger partial charge on any atom is -0.494 e. The number of aromatic hydroxyl groups is 1. The van der Waals surface area contributed by atoms with Crippen molar-refractivity contribution >= 4 is 0 Å². The average Bonchev–Trinajstić information content (AvgIpc) is 2.53. The highest BCUT2D eigenvalue weighted by molar-refractivity contribution is 5.60. The molecule has 66 valence electrons. The molecule has 0 aliphatic rings. The molecule has 0 radical (unpaired) electrons. The Hall–Kier alpha value is -1.84. The fourth-order valence-electron chi connectivity index (χ4n) is 1.12. The molecule has 0 saturated carbocycles. The van der Waals surface area contributed by atoms with Crippen LogP contribution in [0.15, 0.2) is 30.3 Å². The zero-order valence-corrected chi connectivity index (χ0v) is 6.66. The largest absolute Gasteiger partial charge is 0.494 e. The summed E-state index contributed by atoms with van der Waals surface area (Å²) in [6.07, 6.45) is 0. The van der Waals surface area contributed by atoms with Gasteiger partial charge in [0.25, 0.3) is 0 Å². The van der Waals surface area contributed by atoms with Crippen LogP contribution in [0.4, 0.5) is 4.39 Å². The van der Waals surface area contributed by atoms with Gasteiger partial charge in [0.2, 0.25) is 5.88 Å². The first-order valence-corrected chi connectivity index (χ1v) is 3.76. The van der Waals surface area contributed by atoms with Crippen molar-refractivity contribution in [3.8, 4) is 17.1 Å². The number of nitrogens with one attached hydrogen (secondary N) is 1. The lowest BCUT2D eigenvalue weighted by molar-refractivity contribution is 0.452. The lowest BCUT2D eigenvalue weighted by Crippen LogP contribution is -1.82. The van der Waals surface area contributed by atoms with E-state index >= 15 is 0 Å². The number of hydrogen-bond acceptors (Lipinski definition) is 2. The first-order valence-electron chi connectivity index (χ1n) is 3.76. The molecule has 0 saturated heterocycles. The number of rotatable bonds is 1. The van der Waals surface area contributed by atoms with Crippen LogP contribution < -0.4 is 0 Å². The maximum atomic E-state index is 13.1. The van der Waals surface area contributed by atoms with E-state index in [1.54, 1.807) is 18.2 Å². The van der Waals surface area contributed by atoms with E-state index in [0.29, 0.717) is 11.3 Å². The summed E-state index contributed by atoms with van der Waals surface area (Å²) in [6.45, 7) is 0. The molecule has 13 heavy (non-hydrogen) atoms. The van der Waals surface area contributed by atoms with Crippen molar-refractivity contribution < 1.29 is 9.50 Å². The van der Waals surface area contributed by atoms with Gasteiger partial charge in [-0.15, -0.1) is 0 Å². The highest BCUT2D eigenvalue weighted by Crippen LogP contribution is 2.22. The molecule has 0 aliphatic carbocycles. The molecule has 1 heterocycles. The molecular formula is C9H7FN2O. The van der Waals surface area contributed by atoms with Gasteiger partial charge in [0.15, 0.2) is 0 Å². The van der Waals surface area contributed by atoms with Crippen LogP contribution in [-0.4, -0.2) is 15.3 Å². The fraction of sp³-hybridized carbons (Fsp3) is 0. The van der Waals surface area contributed by atoms with Crippen molar-refractivity contribution in [2.45, 2.75) is 0 Å². The van der Waals surface area contributed by atoms with Gasteiger partial charge >= 0.3 is 0 Å². The lowest BCUT2D eigenvalue weighted by atomic mass is 10.1. The highest BCUT2D eigenvalue weighted by atomic mass is 19.1. The molecule has 0 amide bonds. The molecule has 3 nitrogen and oxygen atoms in total. The third-order valence-electron chi connectivity index (χ3n) is 1.71. The quantitative estimate of drug-likeness (QED) is 0.700. The van der Waals surface area contributed by atoms with Crippen LogP contribution in [0, 0.1) is 5.82 Å². The van der Waals surface area contributed by atoms with E-state index < -0.39 is 0 Å². The van der Waals surface area contributed by atoms with Crippen molar-refractivity contribution in [3.05, 3.63) is 36.1 Å². The monoisotopic (exact) mass is 178 g/mol. The SMILES string of the molecule is Oc1cc(-c2ccccc2F)n[nH]1. The molecule has 0 bridgehead atoms. The molecule has 2 aromatic rings.